The molecule has 7 nitrogen and oxygen atoms in total. The minimum atomic E-state index is -5.74. The number of rotatable bonds is 14. The molecule has 0 saturated carbocycles. The van der Waals surface area contributed by atoms with Crippen molar-refractivity contribution in [3.8, 4) is 34.5 Å². The summed E-state index contributed by atoms with van der Waals surface area (Å²) >= 11 is 0. The van der Waals surface area contributed by atoms with E-state index in [0.717, 1.165) is 96.1 Å². The zero-order chi connectivity index (χ0) is 57.8. The van der Waals surface area contributed by atoms with Crippen molar-refractivity contribution in [2.75, 3.05) is 14.2 Å². The van der Waals surface area contributed by atoms with Gasteiger partial charge in [-0.3, -0.25) is 4.79 Å². The molecule has 0 aliphatic heterocycles. The van der Waals surface area contributed by atoms with E-state index in [1.54, 1.807) is 24.3 Å². The molecule has 0 spiro atoms. The summed E-state index contributed by atoms with van der Waals surface area (Å²) in [6.07, 6.45) is -22.9. The predicted molar refractivity (Wildman–Crippen MR) is 269 cm³/mol. The van der Waals surface area contributed by atoms with E-state index in [4.69, 9.17) is 18.9 Å². The molecule has 412 valence electrons. The van der Waals surface area contributed by atoms with Gasteiger partial charge in [0.2, 0.25) is 20.7 Å². The number of benzene rings is 8. The molecule has 0 bridgehead atoms. The Morgan fingerprint density at radius 3 is 0.810 bits per heavy atom. The Bertz CT molecular complexity index is 3420. The first-order valence-corrected chi connectivity index (χ1v) is 24.8. The molecule has 0 N–H and O–H groups in total. The molecule has 0 heterocycles. The SMILES string of the molecule is COc1ccc(C(c2ccc(Oc3ccc(C(=O)c4ccc(C)cc4)cc3)cc2)(C(F)(F)F)C(F)(F)F)cc1.COc1ccc(C(c2ccc(Oc3ccc(S(=O)(=O)c4ccc(C)cc4)cc3)cc2)(C(F)(F)F)C(F)(F)F)cc1. The van der Waals surface area contributed by atoms with Gasteiger partial charge in [0.05, 0.1) is 24.0 Å². The van der Waals surface area contributed by atoms with Gasteiger partial charge >= 0.3 is 24.7 Å². The fraction of sp³-hybridized carbons (Fsp3) is 0.169. The summed E-state index contributed by atoms with van der Waals surface area (Å²) in [5.41, 5.74) is -9.88. The van der Waals surface area contributed by atoms with Gasteiger partial charge < -0.3 is 18.9 Å². The van der Waals surface area contributed by atoms with Gasteiger partial charge in [0.15, 0.2) is 5.78 Å². The number of methoxy groups -OCH3 is 2. The maximum Gasteiger partial charge on any atom is 0.411 e. The molecule has 0 aliphatic rings. The van der Waals surface area contributed by atoms with Gasteiger partial charge in [-0.25, -0.2) is 8.42 Å². The van der Waals surface area contributed by atoms with Crippen molar-refractivity contribution in [1.29, 1.82) is 0 Å². The maximum absolute atomic E-state index is 14.3. The predicted octanol–water partition coefficient (Wildman–Crippen LogP) is 16.5. The van der Waals surface area contributed by atoms with Crippen LogP contribution >= 0.6 is 0 Å². The van der Waals surface area contributed by atoms with Gasteiger partial charge in [-0.2, -0.15) is 52.7 Å². The van der Waals surface area contributed by atoms with Crippen LogP contribution in [0.1, 0.15) is 49.3 Å². The van der Waals surface area contributed by atoms with E-state index in [2.05, 4.69) is 0 Å². The van der Waals surface area contributed by atoms with E-state index in [9.17, 15) is 65.9 Å². The lowest BCUT2D eigenvalue weighted by molar-refractivity contribution is -0.290. The molecule has 0 saturated heterocycles. The number of aryl methyl sites for hydroxylation is 2. The Labute approximate surface area is 445 Å². The standard InChI is InChI=1S/C30H22F6O3.C29H22F6O4S/c1-19-3-5-20(6-4-19)27(37)21-7-13-25(14-8-21)39-26-17-11-23(12-18-26)28(29(31,32)33,30(34,35)36)22-9-15-24(38-2)16-10-22;1-19-3-15-25(16-4-19)40(36,37)26-17-13-24(14-18-26)39-23-11-7-21(8-12-23)27(28(30,31)32,29(33,34)35)20-5-9-22(38-2)10-6-20/h3-18H,1-2H3;3-18H,1-2H3. The molecule has 20 heteroatoms. The lowest BCUT2D eigenvalue weighted by atomic mass is 9.73. The summed E-state index contributed by atoms with van der Waals surface area (Å²) in [6.45, 7) is 3.72. The van der Waals surface area contributed by atoms with Gasteiger partial charge in [-0.1, -0.05) is 96.1 Å². The second-order valence-corrected chi connectivity index (χ2v) is 19.7. The van der Waals surface area contributed by atoms with Crippen LogP contribution in [0.3, 0.4) is 0 Å². The third kappa shape index (κ3) is 11.9. The van der Waals surface area contributed by atoms with Crippen molar-refractivity contribution in [3.63, 3.8) is 0 Å². The van der Waals surface area contributed by atoms with Gasteiger partial charge in [0, 0.05) is 11.1 Å². The number of sulfone groups is 1. The number of ketones is 1. The highest BCUT2D eigenvalue weighted by atomic mass is 32.2. The Morgan fingerprint density at radius 1 is 0.329 bits per heavy atom. The van der Waals surface area contributed by atoms with Crippen LogP contribution in [-0.2, 0) is 20.7 Å². The molecule has 0 aliphatic carbocycles. The summed E-state index contributed by atoms with van der Waals surface area (Å²) in [5.74, 6) is 0.353. The summed E-state index contributed by atoms with van der Waals surface area (Å²) in [4.78, 5) is 12.7. The lowest BCUT2D eigenvalue weighted by Gasteiger charge is -2.38. The van der Waals surface area contributed by atoms with Crippen LogP contribution in [0.2, 0.25) is 0 Å². The number of hydrogen-bond acceptors (Lipinski definition) is 7. The normalized spacial score (nSPS) is 12.5. The average Bonchev–Trinajstić information content (AvgIpc) is 3.60. The molecule has 0 unspecified atom stereocenters. The Balaban J connectivity index is 0.000000229. The van der Waals surface area contributed by atoms with Crippen LogP contribution in [0.4, 0.5) is 52.7 Å². The summed E-state index contributed by atoms with van der Waals surface area (Å²) < 4.78 is 218. The molecular weight excluding hydrogens is 1080 g/mol. The number of alkyl halides is 12. The molecule has 0 amide bonds. The number of carbonyl (C=O) groups excluding carboxylic acids is 1. The molecule has 8 aromatic carbocycles. The minimum Gasteiger partial charge on any atom is -0.497 e. The van der Waals surface area contributed by atoms with Crippen LogP contribution in [0.5, 0.6) is 34.5 Å². The lowest BCUT2D eigenvalue weighted by Crippen LogP contribution is -2.54. The van der Waals surface area contributed by atoms with Crippen molar-refractivity contribution in [2.24, 2.45) is 0 Å². The molecular formula is C59H44F12O7S. The van der Waals surface area contributed by atoms with E-state index in [0.29, 0.717) is 23.3 Å². The summed E-state index contributed by atoms with van der Waals surface area (Å²) in [5, 5.41) is 0. The van der Waals surface area contributed by atoms with Crippen molar-refractivity contribution < 1.29 is 84.8 Å². The van der Waals surface area contributed by atoms with Crippen molar-refractivity contribution in [3.05, 3.63) is 239 Å². The van der Waals surface area contributed by atoms with Crippen molar-refractivity contribution in [1.82, 2.24) is 0 Å². The smallest absolute Gasteiger partial charge is 0.411 e. The highest BCUT2D eigenvalue weighted by Gasteiger charge is 2.73. The van der Waals surface area contributed by atoms with Crippen molar-refractivity contribution in [2.45, 2.75) is 59.2 Å². The highest BCUT2D eigenvalue weighted by molar-refractivity contribution is 7.91. The second-order valence-electron chi connectivity index (χ2n) is 17.7. The molecule has 0 fully saturated rings. The number of carbonyl (C=O) groups is 1. The average molecular weight is 1130 g/mol. The summed E-state index contributed by atoms with van der Waals surface area (Å²) in [6, 6.07) is 38.7. The van der Waals surface area contributed by atoms with Gasteiger partial charge in [-0.05, 0) is 145 Å². The Hall–Kier alpha value is -8.26. The van der Waals surface area contributed by atoms with E-state index in [1.807, 2.05) is 26.0 Å². The molecule has 8 rings (SSSR count). The van der Waals surface area contributed by atoms with Crippen LogP contribution in [0.15, 0.2) is 204 Å². The Morgan fingerprint density at radius 2 is 0.544 bits per heavy atom. The van der Waals surface area contributed by atoms with Gasteiger partial charge in [0.25, 0.3) is 0 Å². The third-order valence-electron chi connectivity index (χ3n) is 12.7. The molecule has 0 aromatic heterocycles. The van der Waals surface area contributed by atoms with Crippen LogP contribution in [-0.4, -0.2) is 53.1 Å². The van der Waals surface area contributed by atoms with E-state index in [1.165, 1.54) is 74.9 Å². The number of halogens is 12. The van der Waals surface area contributed by atoms with Crippen molar-refractivity contribution >= 4 is 15.6 Å². The van der Waals surface area contributed by atoms with Crippen LogP contribution in [0.25, 0.3) is 0 Å². The first-order chi connectivity index (χ1) is 37.1. The Kier molecular flexibility index (Phi) is 16.7. The van der Waals surface area contributed by atoms with Gasteiger partial charge in [-0.15, -0.1) is 0 Å². The molecule has 0 atom stereocenters. The largest absolute Gasteiger partial charge is 0.497 e. The van der Waals surface area contributed by atoms with Gasteiger partial charge in [0.1, 0.15) is 34.5 Å². The van der Waals surface area contributed by atoms with Crippen LogP contribution in [0, 0.1) is 13.8 Å². The summed E-state index contributed by atoms with van der Waals surface area (Å²) in [7, 11) is -1.31. The fourth-order valence-corrected chi connectivity index (χ4v) is 9.81. The van der Waals surface area contributed by atoms with E-state index >= 15 is 0 Å². The van der Waals surface area contributed by atoms with E-state index < -0.39 is 67.6 Å². The zero-order valence-corrected chi connectivity index (χ0v) is 42.6. The number of hydrogen-bond donors (Lipinski definition) is 0. The topological polar surface area (TPSA) is 88.1 Å². The highest BCUT2D eigenvalue weighted by Crippen LogP contribution is 2.58. The fourth-order valence-electron chi connectivity index (χ4n) is 8.55. The maximum atomic E-state index is 14.3. The zero-order valence-electron chi connectivity index (χ0n) is 41.8. The first kappa shape index (κ1) is 58.4. The third-order valence-corrected chi connectivity index (χ3v) is 14.5. The van der Waals surface area contributed by atoms with Crippen LogP contribution < -0.4 is 18.9 Å². The molecule has 0 radical (unpaired) electrons. The number of ether oxygens (including phenoxy) is 4. The first-order valence-electron chi connectivity index (χ1n) is 23.3. The second kappa shape index (κ2) is 22.6. The van der Waals surface area contributed by atoms with E-state index in [-0.39, 0.29) is 50.1 Å². The molecule has 8 aromatic rings. The quantitative estimate of drug-likeness (QED) is 0.0792. The monoisotopic (exact) mass is 1120 g/mol. The minimum absolute atomic E-state index is 0.0151. The molecule has 79 heavy (non-hydrogen) atoms.